The third-order valence-electron chi connectivity index (χ3n) is 3.21. The van der Waals surface area contributed by atoms with Crippen LogP contribution < -0.4 is 10.1 Å². The standard InChI is InChI=1S/C15H19F2N3O/c1-4-12-13(9-20(3)19-12)18-10(2)11-7-5-6-8-14(11)21-15(16)17/h5-10,15,18H,4H2,1-3H3. The number of ether oxygens (including phenoxy) is 1. The fraction of sp³-hybridized carbons (Fsp3) is 0.400. The fourth-order valence-corrected chi connectivity index (χ4v) is 2.27. The second kappa shape index (κ2) is 6.56. The first kappa shape index (κ1) is 15.3. The molecule has 1 aromatic carbocycles. The third kappa shape index (κ3) is 3.71. The molecule has 0 spiro atoms. The van der Waals surface area contributed by atoms with Crippen LogP contribution in [-0.4, -0.2) is 16.4 Å². The van der Waals surface area contributed by atoms with Crippen molar-refractivity contribution in [2.75, 3.05) is 5.32 Å². The van der Waals surface area contributed by atoms with Gasteiger partial charge in [0.25, 0.3) is 0 Å². The Morgan fingerprint density at radius 1 is 1.33 bits per heavy atom. The van der Waals surface area contributed by atoms with Gasteiger partial charge in [-0.3, -0.25) is 4.68 Å². The summed E-state index contributed by atoms with van der Waals surface area (Å²) in [5.41, 5.74) is 2.53. The summed E-state index contributed by atoms with van der Waals surface area (Å²) in [6.07, 6.45) is 2.68. The van der Waals surface area contributed by atoms with Crippen LogP contribution in [0, 0.1) is 0 Å². The minimum atomic E-state index is -2.83. The van der Waals surface area contributed by atoms with E-state index in [2.05, 4.69) is 15.2 Å². The van der Waals surface area contributed by atoms with E-state index in [1.165, 1.54) is 0 Å². The summed E-state index contributed by atoms with van der Waals surface area (Å²) in [5.74, 6) is 0.189. The Kier molecular flexibility index (Phi) is 4.77. The van der Waals surface area contributed by atoms with E-state index in [1.807, 2.05) is 27.1 Å². The van der Waals surface area contributed by atoms with E-state index in [9.17, 15) is 8.78 Å². The number of aromatic nitrogens is 2. The van der Waals surface area contributed by atoms with Gasteiger partial charge in [-0.15, -0.1) is 0 Å². The van der Waals surface area contributed by atoms with Gasteiger partial charge in [0.1, 0.15) is 5.75 Å². The van der Waals surface area contributed by atoms with Gasteiger partial charge in [-0.25, -0.2) is 0 Å². The number of alkyl halides is 2. The first-order chi connectivity index (χ1) is 10.0. The molecule has 1 aromatic heterocycles. The van der Waals surface area contributed by atoms with Gasteiger partial charge in [0.2, 0.25) is 0 Å². The van der Waals surface area contributed by atoms with Crippen molar-refractivity contribution in [3.63, 3.8) is 0 Å². The number of halogens is 2. The first-order valence-corrected chi connectivity index (χ1v) is 6.84. The number of anilines is 1. The van der Waals surface area contributed by atoms with Crippen LogP contribution in [0.15, 0.2) is 30.5 Å². The number of hydrogen-bond donors (Lipinski definition) is 1. The van der Waals surface area contributed by atoms with Crippen LogP contribution in [0.1, 0.15) is 31.1 Å². The summed E-state index contributed by atoms with van der Waals surface area (Å²) in [6, 6.07) is 6.63. The average Bonchev–Trinajstić information content (AvgIpc) is 2.78. The Hall–Kier alpha value is -2.11. The maximum atomic E-state index is 12.5. The molecule has 1 heterocycles. The Morgan fingerprint density at radius 3 is 2.71 bits per heavy atom. The number of aryl methyl sites for hydroxylation is 2. The number of nitrogens with one attached hydrogen (secondary N) is 1. The quantitative estimate of drug-likeness (QED) is 0.882. The molecule has 0 aliphatic heterocycles. The number of benzene rings is 1. The largest absolute Gasteiger partial charge is 0.434 e. The van der Waals surface area contributed by atoms with Crippen molar-refractivity contribution in [1.82, 2.24) is 9.78 Å². The van der Waals surface area contributed by atoms with Gasteiger partial charge in [0.05, 0.1) is 17.4 Å². The molecule has 0 fully saturated rings. The van der Waals surface area contributed by atoms with Gasteiger partial charge in [-0.1, -0.05) is 25.1 Å². The summed E-state index contributed by atoms with van der Waals surface area (Å²) in [6.45, 7) is 1.09. The smallest absolute Gasteiger partial charge is 0.387 e. The normalized spacial score (nSPS) is 12.5. The molecule has 1 unspecified atom stereocenters. The second-order valence-corrected chi connectivity index (χ2v) is 4.80. The van der Waals surface area contributed by atoms with Crippen LogP contribution in [0.5, 0.6) is 5.75 Å². The van der Waals surface area contributed by atoms with Crippen molar-refractivity contribution < 1.29 is 13.5 Å². The van der Waals surface area contributed by atoms with E-state index in [1.54, 1.807) is 28.9 Å². The Balaban J connectivity index is 2.22. The molecule has 0 aliphatic rings. The summed E-state index contributed by atoms with van der Waals surface area (Å²) in [5, 5.41) is 7.65. The molecule has 6 heteroatoms. The number of hydrogen-bond acceptors (Lipinski definition) is 3. The maximum Gasteiger partial charge on any atom is 0.387 e. The SMILES string of the molecule is CCc1nn(C)cc1NC(C)c1ccccc1OC(F)F. The Morgan fingerprint density at radius 2 is 2.05 bits per heavy atom. The van der Waals surface area contributed by atoms with Crippen molar-refractivity contribution in [2.45, 2.75) is 32.9 Å². The average molecular weight is 295 g/mol. The summed E-state index contributed by atoms with van der Waals surface area (Å²) in [7, 11) is 1.85. The van der Waals surface area contributed by atoms with E-state index >= 15 is 0 Å². The molecule has 0 radical (unpaired) electrons. The molecule has 0 amide bonds. The minimum absolute atomic E-state index is 0.172. The number of nitrogens with zero attached hydrogens (tertiary/aromatic N) is 2. The lowest BCUT2D eigenvalue weighted by Gasteiger charge is -2.18. The van der Waals surface area contributed by atoms with E-state index in [-0.39, 0.29) is 11.8 Å². The highest BCUT2D eigenvalue weighted by atomic mass is 19.3. The van der Waals surface area contributed by atoms with Gasteiger partial charge in [0, 0.05) is 18.8 Å². The zero-order valence-electron chi connectivity index (χ0n) is 12.3. The molecule has 0 aliphatic carbocycles. The Labute approximate surface area is 122 Å². The second-order valence-electron chi connectivity index (χ2n) is 4.80. The molecule has 21 heavy (non-hydrogen) atoms. The van der Waals surface area contributed by atoms with Gasteiger partial charge >= 0.3 is 6.61 Å². The molecule has 1 atom stereocenters. The molecule has 2 aromatic rings. The van der Waals surface area contributed by atoms with Crippen LogP contribution in [0.4, 0.5) is 14.5 Å². The molecule has 1 N–H and O–H groups in total. The van der Waals surface area contributed by atoms with Crippen LogP contribution in [0.25, 0.3) is 0 Å². The van der Waals surface area contributed by atoms with Gasteiger partial charge in [-0.2, -0.15) is 13.9 Å². The lowest BCUT2D eigenvalue weighted by molar-refractivity contribution is -0.0505. The lowest BCUT2D eigenvalue weighted by atomic mass is 10.1. The fourth-order valence-electron chi connectivity index (χ4n) is 2.27. The van der Waals surface area contributed by atoms with Crippen LogP contribution in [0.3, 0.4) is 0 Å². The highest BCUT2D eigenvalue weighted by Gasteiger charge is 2.16. The van der Waals surface area contributed by atoms with Crippen molar-refractivity contribution >= 4 is 5.69 Å². The predicted molar refractivity (Wildman–Crippen MR) is 77.7 cm³/mol. The van der Waals surface area contributed by atoms with E-state index in [4.69, 9.17) is 0 Å². The van der Waals surface area contributed by atoms with E-state index in [0.717, 1.165) is 17.8 Å². The molecule has 0 saturated heterocycles. The molecule has 0 saturated carbocycles. The van der Waals surface area contributed by atoms with Crippen LogP contribution in [-0.2, 0) is 13.5 Å². The highest BCUT2D eigenvalue weighted by molar-refractivity contribution is 5.50. The molecule has 114 valence electrons. The van der Waals surface area contributed by atoms with E-state index < -0.39 is 6.61 Å². The molecular weight excluding hydrogens is 276 g/mol. The van der Waals surface area contributed by atoms with Crippen LogP contribution >= 0.6 is 0 Å². The zero-order valence-corrected chi connectivity index (χ0v) is 12.3. The first-order valence-electron chi connectivity index (χ1n) is 6.84. The monoisotopic (exact) mass is 295 g/mol. The summed E-state index contributed by atoms with van der Waals surface area (Å²) in [4.78, 5) is 0. The highest BCUT2D eigenvalue weighted by Crippen LogP contribution is 2.29. The van der Waals surface area contributed by atoms with Gasteiger partial charge in [0.15, 0.2) is 0 Å². The number of para-hydroxylation sites is 1. The van der Waals surface area contributed by atoms with Gasteiger partial charge < -0.3 is 10.1 Å². The van der Waals surface area contributed by atoms with Crippen molar-refractivity contribution in [3.8, 4) is 5.75 Å². The van der Waals surface area contributed by atoms with Crippen molar-refractivity contribution in [1.29, 1.82) is 0 Å². The lowest BCUT2D eigenvalue weighted by Crippen LogP contribution is -2.11. The van der Waals surface area contributed by atoms with Crippen molar-refractivity contribution in [3.05, 3.63) is 41.7 Å². The molecular formula is C15H19F2N3O. The molecule has 4 nitrogen and oxygen atoms in total. The van der Waals surface area contributed by atoms with Crippen molar-refractivity contribution in [2.24, 2.45) is 7.05 Å². The summed E-state index contributed by atoms with van der Waals surface area (Å²) < 4.78 is 31.2. The third-order valence-corrected chi connectivity index (χ3v) is 3.21. The maximum absolute atomic E-state index is 12.5. The van der Waals surface area contributed by atoms with Gasteiger partial charge in [-0.05, 0) is 19.4 Å². The molecule has 2 rings (SSSR count). The predicted octanol–water partition coefficient (Wildman–Crippen LogP) is 3.76. The zero-order chi connectivity index (χ0) is 15.4. The topological polar surface area (TPSA) is 39.1 Å². The number of rotatable bonds is 6. The molecule has 0 bridgehead atoms. The van der Waals surface area contributed by atoms with E-state index in [0.29, 0.717) is 5.56 Å². The summed E-state index contributed by atoms with van der Waals surface area (Å²) >= 11 is 0. The van der Waals surface area contributed by atoms with Crippen LogP contribution in [0.2, 0.25) is 0 Å². The Bertz CT molecular complexity index is 598. The minimum Gasteiger partial charge on any atom is -0.434 e.